The number of hydrogen-bond donors (Lipinski definition) is 2. The molecule has 25 heavy (non-hydrogen) atoms. The fourth-order valence-corrected chi connectivity index (χ4v) is 3.84. The third kappa shape index (κ3) is 2.54. The molecule has 0 radical (unpaired) electrons. The van der Waals surface area contributed by atoms with Gasteiger partial charge in [-0.05, 0) is 16.3 Å². The average molecular weight is 334 g/mol. The van der Waals surface area contributed by atoms with Crippen LogP contribution in [-0.2, 0) is 9.59 Å². The summed E-state index contributed by atoms with van der Waals surface area (Å²) in [7, 11) is 0. The first kappa shape index (κ1) is 15.6. The molecule has 0 atom stereocenters. The van der Waals surface area contributed by atoms with Gasteiger partial charge in [-0.25, -0.2) is 0 Å². The van der Waals surface area contributed by atoms with Gasteiger partial charge < -0.3 is 10.2 Å². The summed E-state index contributed by atoms with van der Waals surface area (Å²) in [6.07, 6.45) is 1.07. The fourth-order valence-electron chi connectivity index (χ4n) is 3.84. The molecule has 0 aliphatic heterocycles. The first-order valence-corrected chi connectivity index (χ1v) is 8.45. The van der Waals surface area contributed by atoms with Gasteiger partial charge in [0.05, 0.1) is 0 Å². The fraction of sp³-hybridized carbons (Fsp3) is 0.238. The molecule has 0 saturated carbocycles. The predicted octanol–water partition coefficient (Wildman–Crippen LogP) is 4.27. The van der Waals surface area contributed by atoms with Crippen LogP contribution >= 0.6 is 0 Å². The number of carbonyl (C=O) groups is 2. The number of fused-ring (bicyclic) bond motifs is 1. The lowest BCUT2D eigenvalue weighted by Gasteiger charge is -2.20. The predicted molar refractivity (Wildman–Crippen MR) is 94.5 cm³/mol. The SMILES string of the molecule is O=C1CCC(O)=C1C(C1=C(O)CCC1=O)c1ccc2ccccc2c1. The summed E-state index contributed by atoms with van der Waals surface area (Å²) in [5.74, 6) is -0.952. The molecule has 0 heterocycles. The van der Waals surface area contributed by atoms with E-state index in [0.29, 0.717) is 12.8 Å². The molecule has 0 unspecified atom stereocenters. The molecule has 2 N–H and O–H groups in total. The Morgan fingerprint density at radius 1 is 0.720 bits per heavy atom. The van der Waals surface area contributed by atoms with Gasteiger partial charge in [0.1, 0.15) is 11.5 Å². The van der Waals surface area contributed by atoms with Crippen molar-refractivity contribution in [3.8, 4) is 0 Å². The van der Waals surface area contributed by atoms with Crippen molar-refractivity contribution in [1.29, 1.82) is 0 Å². The van der Waals surface area contributed by atoms with Gasteiger partial charge in [0, 0.05) is 42.7 Å². The van der Waals surface area contributed by atoms with Gasteiger partial charge >= 0.3 is 0 Å². The lowest BCUT2D eigenvalue weighted by atomic mass is 9.81. The maximum absolute atomic E-state index is 12.4. The number of carbonyl (C=O) groups excluding carboxylic acids is 2. The minimum atomic E-state index is -0.699. The van der Waals surface area contributed by atoms with E-state index in [0.717, 1.165) is 16.3 Å². The normalized spacial score (nSPS) is 18.3. The number of Topliss-reactive ketones (excluding diaryl/α,β-unsaturated/α-hetero) is 2. The van der Waals surface area contributed by atoms with Crippen molar-refractivity contribution in [1.82, 2.24) is 0 Å². The maximum Gasteiger partial charge on any atom is 0.163 e. The van der Waals surface area contributed by atoms with Crippen LogP contribution in [0.5, 0.6) is 0 Å². The van der Waals surface area contributed by atoms with Gasteiger partial charge in [-0.15, -0.1) is 0 Å². The number of hydrogen-bond acceptors (Lipinski definition) is 4. The topological polar surface area (TPSA) is 74.6 Å². The zero-order valence-electron chi connectivity index (χ0n) is 13.7. The number of benzene rings is 2. The van der Waals surface area contributed by atoms with Gasteiger partial charge in [0.15, 0.2) is 11.6 Å². The Kier molecular flexibility index (Phi) is 3.68. The number of aliphatic hydroxyl groups excluding tert-OH is 2. The zero-order chi connectivity index (χ0) is 17.6. The first-order chi connectivity index (χ1) is 12.1. The lowest BCUT2D eigenvalue weighted by Crippen LogP contribution is -2.16. The Bertz CT molecular complexity index is 925. The van der Waals surface area contributed by atoms with Crippen LogP contribution in [0.4, 0.5) is 0 Å². The summed E-state index contributed by atoms with van der Waals surface area (Å²) in [5.41, 5.74) is 1.26. The molecule has 0 aromatic heterocycles. The highest BCUT2D eigenvalue weighted by Crippen LogP contribution is 2.43. The van der Waals surface area contributed by atoms with Crippen LogP contribution in [0, 0.1) is 0 Å². The lowest BCUT2D eigenvalue weighted by molar-refractivity contribution is -0.115. The van der Waals surface area contributed by atoms with E-state index in [9.17, 15) is 19.8 Å². The van der Waals surface area contributed by atoms with E-state index >= 15 is 0 Å². The van der Waals surface area contributed by atoms with Gasteiger partial charge in [0.2, 0.25) is 0 Å². The molecule has 4 heteroatoms. The van der Waals surface area contributed by atoms with E-state index in [1.54, 1.807) is 0 Å². The van der Waals surface area contributed by atoms with Crippen molar-refractivity contribution >= 4 is 22.3 Å². The average Bonchev–Trinajstić information content (AvgIpc) is 3.12. The summed E-state index contributed by atoms with van der Waals surface area (Å²) in [4.78, 5) is 24.8. The largest absolute Gasteiger partial charge is 0.512 e. The molecule has 0 spiro atoms. The molecule has 4 nitrogen and oxygen atoms in total. The van der Waals surface area contributed by atoms with Crippen LogP contribution in [0.2, 0.25) is 0 Å². The number of aliphatic hydroxyl groups is 2. The van der Waals surface area contributed by atoms with Crippen molar-refractivity contribution in [2.24, 2.45) is 0 Å². The van der Waals surface area contributed by atoms with E-state index in [2.05, 4.69) is 0 Å². The van der Waals surface area contributed by atoms with Crippen molar-refractivity contribution in [3.63, 3.8) is 0 Å². The quantitative estimate of drug-likeness (QED) is 0.879. The second-order valence-corrected chi connectivity index (χ2v) is 6.61. The molecular weight excluding hydrogens is 316 g/mol. The number of rotatable bonds is 3. The van der Waals surface area contributed by atoms with Crippen LogP contribution in [0.1, 0.15) is 37.2 Å². The van der Waals surface area contributed by atoms with E-state index in [1.165, 1.54) is 0 Å². The Balaban J connectivity index is 1.94. The Labute approximate surface area is 145 Å². The maximum atomic E-state index is 12.4. The monoisotopic (exact) mass is 334 g/mol. The van der Waals surface area contributed by atoms with E-state index in [-0.39, 0.29) is 47.1 Å². The molecule has 126 valence electrons. The minimum absolute atomic E-state index is 0.0307. The van der Waals surface area contributed by atoms with Crippen molar-refractivity contribution in [3.05, 3.63) is 70.7 Å². The molecule has 2 aliphatic carbocycles. The van der Waals surface area contributed by atoms with Crippen LogP contribution in [-0.4, -0.2) is 21.8 Å². The van der Waals surface area contributed by atoms with Gasteiger partial charge in [-0.3, -0.25) is 9.59 Å². The second-order valence-electron chi connectivity index (χ2n) is 6.61. The van der Waals surface area contributed by atoms with E-state index < -0.39 is 5.92 Å². The van der Waals surface area contributed by atoms with Crippen molar-refractivity contribution in [2.45, 2.75) is 31.6 Å². The van der Waals surface area contributed by atoms with Gasteiger partial charge in [-0.1, -0.05) is 42.5 Å². The second kappa shape index (κ2) is 5.88. The van der Waals surface area contributed by atoms with E-state index in [1.807, 2.05) is 42.5 Å². The molecule has 2 aliphatic rings. The summed E-state index contributed by atoms with van der Waals surface area (Å²) in [5, 5.41) is 22.6. The van der Waals surface area contributed by atoms with Gasteiger partial charge in [-0.2, -0.15) is 0 Å². The van der Waals surface area contributed by atoms with Crippen LogP contribution in [0.3, 0.4) is 0 Å². The standard InChI is InChI=1S/C21H18O4/c22-15-7-8-16(23)20(15)19(21-17(24)9-10-18(21)25)14-6-5-12-3-1-2-4-13(12)11-14/h1-6,11,19,22,24H,7-10H2. The van der Waals surface area contributed by atoms with Gasteiger partial charge in [0.25, 0.3) is 0 Å². The third-order valence-corrected chi connectivity index (χ3v) is 5.08. The molecule has 4 rings (SSSR count). The molecule has 0 amide bonds. The molecule has 0 fully saturated rings. The van der Waals surface area contributed by atoms with Crippen LogP contribution < -0.4 is 0 Å². The number of ketones is 2. The van der Waals surface area contributed by atoms with E-state index in [4.69, 9.17) is 0 Å². The highest BCUT2D eigenvalue weighted by atomic mass is 16.3. The summed E-state index contributed by atoms with van der Waals surface area (Å²) in [6, 6.07) is 13.6. The van der Waals surface area contributed by atoms with Crippen molar-refractivity contribution < 1.29 is 19.8 Å². The minimum Gasteiger partial charge on any atom is -0.512 e. The summed E-state index contributed by atoms with van der Waals surface area (Å²) >= 11 is 0. The molecule has 2 aromatic rings. The Hall–Kier alpha value is -2.88. The Morgan fingerprint density at radius 3 is 1.80 bits per heavy atom. The third-order valence-electron chi connectivity index (χ3n) is 5.08. The molecule has 2 aromatic carbocycles. The zero-order valence-corrected chi connectivity index (χ0v) is 13.7. The smallest absolute Gasteiger partial charge is 0.163 e. The highest BCUT2D eigenvalue weighted by Gasteiger charge is 2.39. The summed E-state index contributed by atoms with van der Waals surface area (Å²) < 4.78 is 0. The first-order valence-electron chi connectivity index (χ1n) is 8.45. The van der Waals surface area contributed by atoms with Crippen LogP contribution in [0.25, 0.3) is 10.8 Å². The molecular formula is C21H18O4. The van der Waals surface area contributed by atoms with Crippen molar-refractivity contribution in [2.75, 3.05) is 0 Å². The molecule has 0 bridgehead atoms. The number of allylic oxidation sites excluding steroid dienone is 4. The van der Waals surface area contributed by atoms with Crippen LogP contribution in [0.15, 0.2) is 65.1 Å². The Morgan fingerprint density at radius 2 is 1.28 bits per heavy atom. The summed E-state index contributed by atoms with van der Waals surface area (Å²) in [6.45, 7) is 0. The molecule has 0 saturated heterocycles. The highest BCUT2D eigenvalue weighted by molar-refractivity contribution is 6.06.